The van der Waals surface area contributed by atoms with E-state index in [1.54, 1.807) is 0 Å². The monoisotopic (exact) mass is 208 g/mol. The lowest BCUT2D eigenvalue weighted by Crippen LogP contribution is -2.10. The van der Waals surface area contributed by atoms with Gasteiger partial charge < -0.3 is 0 Å². The molecule has 70 valence electrons. The maximum atomic E-state index is 9.89. The summed E-state index contributed by atoms with van der Waals surface area (Å²) in [5, 5.41) is 0. The Hall–Kier alpha value is -0.230. The van der Waals surface area contributed by atoms with Crippen LogP contribution in [0.15, 0.2) is 0 Å². The molecule has 0 saturated carbocycles. The Labute approximate surface area is 64.1 Å². The largest absolute Gasteiger partial charge is 0.411 e. The van der Waals surface area contributed by atoms with Crippen LogP contribution in [-0.4, -0.2) is 27.6 Å². The molecule has 0 radical (unpaired) electrons. The van der Waals surface area contributed by atoms with Gasteiger partial charge in [0.25, 0.3) is 0 Å². The second kappa shape index (κ2) is 4.61. The average molecular weight is 208 g/mol. The van der Waals surface area contributed by atoms with E-state index >= 15 is 0 Å². The highest BCUT2D eigenvalue weighted by atomic mass is 32.3. The van der Waals surface area contributed by atoms with Crippen molar-refractivity contribution >= 4 is 26.4 Å². The Morgan fingerprint density at radius 1 is 1.18 bits per heavy atom. The third-order valence-electron chi connectivity index (χ3n) is 0.192. The molecule has 0 aromatic heterocycles. The molecule has 0 bridgehead atoms. The van der Waals surface area contributed by atoms with Crippen LogP contribution in [0.2, 0.25) is 0 Å². The third kappa shape index (κ3) is 17.7. The minimum Gasteiger partial charge on any atom is -0.293 e. The van der Waals surface area contributed by atoms with E-state index in [-0.39, 0.29) is 0 Å². The molecule has 0 aromatic carbocycles. The normalized spacial score (nSPS) is 16.0. The second-order valence-corrected chi connectivity index (χ2v) is 3.64. The van der Waals surface area contributed by atoms with Crippen LogP contribution in [0.25, 0.3) is 0 Å². The first-order chi connectivity index (χ1) is 4.71. The van der Waals surface area contributed by atoms with Gasteiger partial charge >= 0.3 is 10.4 Å². The zero-order valence-electron chi connectivity index (χ0n) is 5.21. The molecule has 6 N–H and O–H groups in total. The maximum Gasteiger partial charge on any atom is 0.411 e. The van der Waals surface area contributed by atoms with Crippen LogP contribution in [0.1, 0.15) is 0 Å². The van der Waals surface area contributed by atoms with E-state index in [0.29, 0.717) is 0 Å². The van der Waals surface area contributed by atoms with Gasteiger partial charge in [-0.25, -0.2) is 4.21 Å². The van der Waals surface area contributed by atoms with Crippen molar-refractivity contribution in [1.82, 2.24) is 0 Å². The molecule has 10 heteroatoms. The van der Waals surface area contributed by atoms with Gasteiger partial charge in [0.05, 0.1) is 0 Å². The highest BCUT2D eigenvalue weighted by molar-refractivity contribution is 7.99. The Kier molecular flexibility index (Phi) is 5.60. The van der Waals surface area contributed by atoms with Gasteiger partial charge in [-0.15, -0.1) is 3.63 Å². The Bertz CT molecular complexity index is 244. The lowest BCUT2D eigenvalue weighted by atomic mass is 12.0. The minimum absolute atomic E-state index is 2.38. The number of hydrogen-bond acceptors (Lipinski definition) is 6. The summed E-state index contributed by atoms with van der Waals surface area (Å²) in [7, 11) is -8.99. The van der Waals surface area contributed by atoms with Crippen LogP contribution < -0.4 is 11.7 Å². The van der Waals surface area contributed by atoms with Crippen LogP contribution in [0, 0.1) is 0 Å². The van der Waals surface area contributed by atoms with Crippen molar-refractivity contribution in [2.45, 2.75) is 0 Å². The van der Waals surface area contributed by atoms with Gasteiger partial charge in [-0.05, 0) is 0 Å². The molecule has 0 aliphatic rings. The summed E-state index contributed by atoms with van der Waals surface area (Å²) in [5.74, 6) is 10.4. The first kappa shape index (κ1) is 13.4. The van der Waals surface area contributed by atoms with Gasteiger partial charge in [0.15, 0.2) is 0 Å². The van der Waals surface area contributed by atoms with Crippen molar-refractivity contribution in [2.24, 2.45) is 11.7 Å². The quantitative estimate of drug-likeness (QED) is 0.171. The van der Waals surface area contributed by atoms with Crippen molar-refractivity contribution in [2.75, 3.05) is 0 Å². The molecule has 0 spiro atoms. The van der Waals surface area contributed by atoms with E-state index in [4.69, 9.17) is 9.11 Å². The standard InChI is InChI=1S/CH4O6S2.H4N2/c1-8(2,3)7-9(4,5)6;1-2/h1H2,(H,2,3)(H,4,5,6);1-2H2. The summed E-state index contributed by atoms with van der Waals surface area (Å²) < 4.78 is 47.9. The van der Waals surface area contributed by atoms with Crippen LogP contribution >= 0.6 is 0 Å². The van der Waals surface area contributed by atoms with Gasteiger partial charge in [-0.2, -0.15) is 8.42 Å². The van der Waals surface area contributed by atoms with Crippen molar-refractivity contribution in [3.63, 3.8) is 0 Å². The highest BCUT2D eigenvalue weighted by Gasteiger charge is 2.10. The van der Waals surface area contributed by atoms with Crippen LogP contribution in [0.3, 0.4) is 0 Å². The SMILES string of the molecule is C=S(=O)(O)OS(=O)(=O)O.NN. The minimum atomic E-state index is -4.87. The highest BCUT2D eigenvalue weighted by Crippen LogP contribution is 1.91. The van der Waals surface area contributed by atoms with E-state index in [0.717, 1.165) is 0 Å². The zero-order chi connectivity index (χ0) is 9.71. The predicted octanol–water partition coefficient (Wildman–Crippen LogP) is -2.27. The molecule has 1 atom stereocenters. The van der Waals surface area contributed by atoms with Crippen molar-refractivity contribution in [1.29, 1.82) is 0 Å². The maximum absolute atomic E-state index is 9.89. The molecule has 11 heavy (non-hydrogen) atoms. The topological polar surface area (TPSA) is 153 Å². The van der Waals surface area contributed by atoms with Gasteiger partial charge in [-0.1, -0.05) is 0 Å². The molecule has 0 aromatic rings. The molecular formula is CH8N2O6S2. The summed E-state index contributed by atoms with van der Waals surface area (Å²) in [5.41, 5.74) is 0. The van der Waals surface area contributed by atoms with Gasteiger partial charge in [0.1, 0.15) is 0 Å². The van der Waals surface area contributed by atoms with E-state index < -0.39 is 20.5 Å². The van der Waals surface area contributed by atoms with Crippen LogP contribution in [-0.2, 0) is 24.1 Å². The van der Waals surface area contributed by atoms with Crippen molar-refractivity contribution in [3.8, 4) is 0 Å². The lowest BCUT2D eigenvalue weighted by molar-refractivity contribution is 0.373. The molecule has 0 aliphatic carbocycles. The Morgan fingerprint density at radius 3 is 1.45 bits per heavy atom. The summed E-state index contributed by atoms with van der Waals surface area (Å²) in [6.45, 7) is 0. The molecule has 1 unspecified atom stereocenters. The predicted molar refractivity (Wildman–Crippen MR) is 38.9 cm³/mol. The fourth-order valence-electron chi connectivity index (χ4n) is 0.134. The van der Waals surface area contributed by atoms with E-state index in [2.05, 4.69) is 21.2 Å². The first-order valence-corrected chi connectivity index (χ1v) is 4.79. The number of hydrogen-bond donors (Lipinski definition) is 4. The van der Waals surface area contributed by atoms with Crippen molar-refractivity contribution < 1.29 is 25.4 Å². The van der Waals surface area contributed by atoms with Crippen LogP contribution in [0.4, 0.5) is 0 Å². The second-order valence-electron chi connectivity index (χ2n) is 1.08. The smallest absolute Gasteiger partial charge is 0.293 e. The third-order valence-corrected chi connectivity index (χ3v) is 1.73. The van der Waals surface area contributed by atoms with E-state index in [9.17, 15) is 12.6 Å². The summed E-state index contributed by atoms with van der Waals surface area (Å²) in [6.07, 6.45) is 0. The van der Waals surface area contributed by atoms with E-state index in [1.165, 1.54) is 0 Å². The van der Waals surface area contributed by atoms with Crippen LogP contribution in [0.5, 0.6) is 0 Å². The summed E-state index contributed by atoms with van der Waals surface area (Å²) in [6, 6.07) is 0. The Morgan fingerprint density at radius 2 is 1.45 bits per heavy atom. The zero-order valence-corrected chi connectivity index (χ0v) is 6.84. The average Bonchev–Trinajstić information content (AvgIpc) is 1.60. The molecule has 0 fully saturated rings. The number of rotatable bonds is 2. The van der Waals surface area contributed by atoms with Gasteiger partial charge in [0.2, 0.25) is 10.1 Å². The lowest BCUT2D eigenvalue weighted by Gasteiger charge is -1.95. The first-order valence-electron chi connectivity index (χ1n) is 1.82. The van der Waals surface area contributed by atoms with Gasteiger partial charge in [0, 0.05) is 5.87 Å². The molecule has 0 rings (SSSR count). The van der Waals surface area contributed by atoms with E-state index in [1.807, 2.05) is 0 Å². The van der Waals surface area contributed by atoms with Crippen molar-refractivity contribution in [3.05, 3.63) is 0 Å². The molecule has 0 amide bonds. The number of nitrogens with two attached hydrogens (primary N) is 2. The Balaban J connectivity index is 0. The fourth-order valence-corrected chi connectivity index (χ4v) is 1.21. The summed E-state index contributed by atoms with van der Waals surface area (Å²) >= 11 is 0. The van der Waals surface area contributed by atoms with Gasteiger partial charge in [-0.3, -0.25) is 20.8 Å². The molecule has 0 saturated heterocycles. The molecule has 8 nitrogen and oxygen atoms in total. The summed E-state index contributed by atoms with van der Waals surface area (Å²) in [4.78, 5) is 0. The molecule has 0 aliphatic heterocycles. The molecular weight excluding hydrogens is 200 g/mol. The molecule has 0 heterocycles. The number of hydrazine groups is 1. The fraction of sp³-hybridized carbons (Fsp3) is 0.